The minimum absolute atomic E-state index is 0.141. The number of pyridine rings is 1. The number of benzene rings is 1. The maximum atomic E-state index is 11.9. The Labute approximate surface area is 147 Å². The minimum Gasteiger partial charge on any atom is -0.350 e. The molecule has 4 nitrogen and oxygen atoms in total. The largest absolute Gasteiger partial charge is 0.350 e. The van der Waals surface area contributed by atoms with Crippen molar-refractivity contribution in [3.8, 4) is 0 Å². The van der Waals surface area contributed by atoms with Gasteiger partial charge in [-0.1, -0.05) is 35.9 Å². The molecule has 1 aromatic heterocycles. The van der Waals surface area contributed by atoms with Gasteiger partial charge in [-0.15, -0.1) is 6.58 Å². The van der Waals surface area contributed by atoms with E-state index in [1.807, 2.05) is 30.3 Å². The van der Waals surface area contributed by atoms with Gasteiger partial charge in [0.25, 0.3) is 5.91 Å². The fourth-order valence-corrected chi connectivity index (χ4v) is 3.33. The summed E-state index contributed by atoms with van der Waals surface area (Å²) in [6.07, 6.45) is 5.42. The van der Waals surface area contributed by atoms with Crippen LogP contribution in [0.1, 0.15) is 34.8 Å². The lowest BCUT2D eigenvalue weighted by Crippen LogP contribution is -2.25. The number of carbonyl (C=O) groups excluding carboxylic acids is 1. The van der Waals surface area contributed by atoms with Crippen molar-refractivity contribution in [2.24, 2.45) is 0 Å². The number of carbonyl (C=O) groups is 1. The molecule has 2 heterocycles. The zero-order valence-corrected chi connectivity index (χ0v) is 14.2. The standard InChI is InChI=1S/C19H20ClN3O/c1-2-11-21-19(24)14-9-10-18(22-13-14)23-12-5-8-17(23)15-6-3-4-7-16(15)20/h2-4,6-7,9-10,13,17H,1,5,8,11-12H2,(H,21,24)/t17-/m0/s1. The topological polar surface area (TPSA) is 45.2 Å². The van der Waals surface area contributed by atoms with Crippen LogP contribution in [-0.2, 0) is 0 Å². The summed E-state index contributed by atoms with van der Waals surface area (Å²) in [5, 5.41) is 3.54. The molecule has 24 heavy (non-hydrogen) atoms. The maximum absolute atomic E-state index is 11.9. The van der Waals surface area contributed by atoms with Gasteiger partial charge in [0.05, 0.1) is 11.6 Å². The summed E-state index contributed by atoms with van der Waals surface area (Å²) in [5.41, 5.74) is 1.68. The highest BCUT2D eigenvalue weighted by atomic mass is 35.5. The van der Waals surface area contributed by atoms with Crippen molar-refractivity contribution in [2.45, 2.75) is 18.9 Å². The number of nitrogens with one attached hydrogen (secondary N) is 1. The van der Waals surface area contributed by atoms with Gasteiger partial charge < -0.3 is 10.2 Å². The molecule has 1 fully saturated rings. The van der Waals surface area contributed by atoms with Gasteiger partial charge in [0, 0.05) is 24.3 Å². The SMILES string of the molecule is C=CCNC(=O)c1ccc(N2CCC[C@H]2c2ccccc2Cl)nc1. The average Bonchev–Trinajstić information content (AvgIpc) is 3.09. The summed E-state index contributed by atoms with van der Waals surface area (Å²) in [7, 11) is 0. The summed E-state index contributed by atoms with van der Waals surface area (Å²) in [5.74, 6) is 0.732. The lowest BCUT2D eigenvalue weighted by molar-refractivity contribution is 0.0957. The van der Waals surface area contributed by atoms with Gasteiger partial charge in [-0.2, -0.15) is 0 Å². The summed E-state index contributed by atoms with van der Waals surface area (Å²) in [4.78, 5) is 18.7. The molecule has 0 saturated carbocycles. The highest BCUT2D eigenvalue weighted by Gasteiger charge is 2.28. The first-order valence-corrected chi connectivity index (χ1v) is 8.44. The number of nitrogens with zero attached hydrogens (tertiary/aromatic N) is 2. The zero-order chi connectivity index (χ0) is 16.9. The highest BCUT2D eigenvalue weighted by Crippen LogP contribution is 2.37. The summed E-state index contributed by atoms with van der Waals surface area (Å²) < 4.78 is 0. The van der Waals surface area contributed by atoms with Gasteiger partial charge in [0.15, 0.2) is 0 Å². The molecular formula is C19H20ClN3O. The van der Waals surface area contributed by atoms with Crippen LogP contribution in [0.2, 0.25) is 5.02 Å². The smallest absolute Gasteiger partial charge is 0.253 e. The second kappa shape index (κ2) is 7.49. The summed E-state index contributed by atoms with van der Waals surface area (Å²) in [6, 6.07) is 11.9. The molecule has 0 unspecified atom stereocenters. The van der Waals surface area contributed by atoms with Crippen LogP contribution >= 0.6 is 11.6 Å². The van der Waals surface area contributed by atoms with E-state index in [-0.39, 0.29) is 11.9 Å². The third-order valence-corrected chi connectivity index (χ3v) is 4.57. The Hall–Kier alpha value is -2.33. The molecule has 124 valence electrons. The van der Waals surface area contributed by atoms with Gasteiger partial charge in [-0.25, -0.2) is 4.98 Å². The van der Waals surface area contributed by atoms with E-state index >= 15 is 0 Å². The molecule has 5 heteroatoms. The molecule has 0 aliphatic carbocycles. The lowest BCUT2D eigenvalue weighted by Gasteiger charge is -2.26. The van der Waals surface area contributed by atoms with Crippen LogP contribution in [0.25, 0.3) is 0 Å². The van der Waals surface area contributed by atoms with E-state index in [1.54, 1.807) is 12.3 Å². The second-order valence-electron chi connectivity index (χ2n) is 5.78. The quantitative estimate of drug-likeness (QED) is 0.836. The maximum Gasteiger partial charge on any atom is 0.253 e. The van der Waals surface area contributed by atoms with Crippen molar-refractivity contribution in [3.05, 3.63) is 71.4 Å². The number of anilines is 1. The molecule has 2 aromatic rings. The molecule has 1 amide bonds. The first kappa shape index (κ1) is 16.5. The van der Waals surface area contributed by atoms with E-state index in [2.05, 4.69) is 27.8 Å². The fraction of sp³-hybridized carbons (Fsp3) is 0.263. The number of amides is 1. The Balaban J connectivity index is 1.79. The first-order valence-electron chi connectivity index (χ1n) is 8.07. The second-order valence-corrected chi connectivity index (χ2v) is 6.18. The van der Waals surface area contributed by atoms with E-state index < -0.39 is 0 Å². The number of rotatable bonds is 5. The molecule has 1 N–H and O–H groups in total. The molecule has 0 spiro atoms. The van der Waals surface area contributed by atoms with Crippen LogP contribution in [0.5, 0.6) is 0 Å². The highest BCUT2D eigenvalue weighted by molar-refractivity contribution is 6.31. The Morgan fingerprint density at radius 2 is 2.21 bits per heavy atom. The van der Waals surface area contributed by atoms with Crippen molar-refractivity contribution < 1.29 is 4.79 Å². The molecule has 1 atom stereocenters. The van der Waals surface area contributed by atoms with Crippen molar-refractivity contribution in [1.82, 2.24) is 10.3 Å². The van der Waals surface area contributed by atoms with E-state index in [4.69, 9.17) is 11.6 Å². The molecule has 3 rings (SSSR count). The van der Waals surface area contributed by atoms with Crippen LogP contribution in [0.3, 0.4) is 0 Å². The van der Waals surface area contributed by atoms with Gasteiger partial charge in [0.2, 0.25) is 0 Å². The van der Waals surface area contributed by atoms with Crippen molar-refractivity contribution in [3.63, 3.8) is 0 Å². The molecule has 1 aliphatic rings. The minimum atomic E-state index is -0.141. The monoisotopic (exact) mass is 341 g/mol. The van der Waals surface area contributed by atoms with Crippen LogP contribution < -0.4 is 10.2 Å². The number of aromatic nitrogens is 1. The fourth-order valence-electron chi connectivity index (χ4n) is 3.07. The van der Waals surface area contributed by atoms with Crippen molar-refractivity contribution >= 4 is 23.3 Å². The lowest BCUT2D eigenvalue weighted by atomic mass is 10.0. The number of hydrogen-bond donors (Lipinski definition) is 1. The summed E-state index contributed by atoms with van der Waals surface area (Å²) >= 11 is 6.36. The molecule has 1 saturated heterocycles. The van der Waals surface area contributed by atoms with Gasteiger partial charge in [-0.05, 0) is 36.6 Å². The predicted octanol–water partition coefficient (Wildman–Crippen LogP) is 3.99. The van der Waals surface area contributed by atoms with E-state index in [0.717, 1.165) is 35.8 Å². The van der Waals surface area contributed by atoms with E-state index in [1.165, 1.54) is 0 Å². The van der Waals surface area contributed by atoms with Crippen LogP contribution in [0.4, 0.5) is 5.82 Å². The molecular weight excluding hydrogens is 322 g/mol. The normalized spacial score (nSPS) is 16.9. The Kier molecular flexibility index (Phi) is 5.16. The van der Waals surface area contributed by atoms with Crippen LogP contribution in [0.15, 0.2) is 55.3 Å². The average molecular weight is 342 g/mol. The van der Waals surface area contributed by atoms with Crippen molar-refractivity contribution in [2.75, 3.05) is 18.0 Å². The van der Waals surface area contributed by atoms with Gasteiger partial charge >= 0.3 is 0 Å². The Morgan fingerprint density at radius 3 is 2.92 bits per heavy atom. The molecule has 0 radical (unpaired) electrons. The van der Waals surface area contributed by atoms with Crippen molar-refractivity contribution in [1.29, 1.82) is 0 Å². The van der Waals surface area contributed by atoms with Gasteiger partial charge in [-0.3, -0.25) is 4.79 Å². The first-order chi connectivity index (χ1) is 11.7. The summed E-state index contributed by atoms with van der Waals surface area (Å²) in [6.45, 7) is 4.97. The van der Waals surface area contributed by atoms with Gasteiger partial charge in [0.1, 0.15) is 5.82 Å². The predicted molar refractivity (Wildman–Crippen MR) is 97.5 cm³/mol. The Morgan fingerprint density at radius 1 is 1.38 bits per heavy atom. The number of halogens is 1. The Bertz CT molecular complexity index is 730. The van der Waals surface area contributed by atoms with E-state index in [9.17, 15) is 4.79 Å². The van der Waals surface area contributed by atoms with E-state index in [0.29, 0.717) is 12.1 Å². The zero-order valence-electron chi connectivity index (χ0n) is 13.4. The molecule has 0 bridgehead atoms. The van der Waals surface area contributed by atoms with Crippen LogP contribution in [0, 0.1) is 0 Å². The number of hydrogen-bond acceptors (Lipinski definition) is 3. The molecule has 1 aliphatic heterocycles. The third kappa shape index (κ3) is 3.44. The third-order valence-electron chi connectivity index (χ3n) is 4.23. The van der Waals surface area contributed by atoms with Crippen LogP contribution in [-0.4, -0.2) is 24.0 Å². The molecule has 1 aromatic carbocycles.